The minimum Gasteiger partial charge on any atom is -0.335 e. The van der Waals surface area contributed by atoms with Crippen LogP contribution in [0.4, 0.5) is 0 Å². The molecular weight excluding hydrogens is 304 g/mol. The van der Waals surface area contributed by atoms with Gasteiger partial charge in [0.2, 0.25) is 11.6 Å². The van der Waals surface area contributed by atoms with Crippen LogP contribution in [0, 0.1) is 0 Å². The van der Waals surface area contributed by atoms with Gasteiger partial charge in [-0.05, 0) is 36.4 Å². The summed E-state index contributed by atoms with van der Waals surface area (Å²) in [6, 6.07) is 14.7. The predicted octanol–water partition coefficient (Wildman–Crippen LogP) is 3.06. The molecule has 0 amide bonds. The molecule has 0 unspecified atom stereocenters. The number of nitrogens with one attached hydrogen (secondary N) is 2. The van der Waals surface area contributed by atoms with Crippen molar-refractivity contribution in [3.63, 3.8) is 0 Å². The molecule has 6 nitrogen and oxygen atoms in total. The normalized spacial score (nSPS) is 11.5. The number of ketones is 2. The Balaban J connectivity index is 1.57. The number of aromatic nitrogens is 4. The number of hydrogen-bond donors (Lipinski definition) is 2. The molecule has 0 bridgehead atoms. The van der Waals surface area contributed by atoms with E-state index in [0.29, 0.717) is 11.0 Å². The van der Waals surface area contributed by atoms with Crippen molar-refractivity contribution in [3.05, 3.63) is 72.3 Å². The molecule has 2 heterocycles. The molecule has 4 rings (SSSR count). The van der Waals surface area contributed by atoms with Gasteiger partial charge in [0.1, 0.15) is 0 Å². The Morgan fingerprint density at radius 3 is 1.54 bits per heavy atom. The van der Waals surface area contributed by atoms with Crippen molar-refractivity contribution >= 4 is 33.6 Å². The monoisotopic (exact) mass is 316 g/mol. The van der Waals surface area contributed by atoms with Crippen LogP contribution in [0.1, 0.15) is 21.2 Å². The molecular formula is C18H12N4O2. The van der Waals surface area contributed by atoms with Crippen molar-refractivity contribution in [3.8, 4) is 0 Å². The zero-order valence-electron chi connectivity index (χ0n) is 12.5. The van der Waals surface area contributed by atoms with Gasteiger partial charge < -0.3 is 9.97 Å². The molecule has 24 heavy (non-hydrogen) atoms. The van der Waals surface area contributed by atoms with Crippen molar-refractivity contribution in [2.75, 3.05) is 0 Å². The number of carbonyl (C=O) groups is 2. The summed E-state index contributed by atoms with van der Waals surface area (Å²) >= 11 is 0. The van der Waals surface area contributed by atoms with Crippen molar-refractivity contribution in [2.24, 2.45) is 0 Å². The van der Waals surface area contributed by atoms with Gasteiger partial charge in [-0.15, -0.1) is 0 Å². The minimum atomic E-state index is -0.365. The van der Waals surface area contributed by atoms with Crippen molar-refractivity contribution in [2.45, 2.75) is 0 Å². The molecule has 0 saturated carbocycles. The Bertz CT molecular complexity index is 950. The van der Waals surface area contributed by atoms with E-state index in [9.17, 15) is 9.59 Å². The molecule has 0 aliphatic rings. The van der Waals surface area contributed by atoms with Crippen LogP contribution in [-0.2, 0) is 0 Å². The Hall–Kier alpha value is -3.54. The molecule has 0 saturated heterocycles. The molecule has 0 spiro atoms. The highest BCUT2D eigenvalue weighted by atomic mass is 16.1. The van der Waals surface area contributed by atoms with Crippen molar-refractivity contribution in [1.82, 2.24) is 19.9 Å². The average Bonchev–Trinajstić information content (AvgIpc) is 3.23. The van der Waals surface area contributed by atoms with Gasteiger partial charge in [-0.25, -0.2) is 9.97 Å². The number of imidazole rings is 2. The fraction of sp³-hybridized carbons (Fsp3) is 0. The Labute approximate surface area is 136 Å². The average molecular weight is 316 g/mol. The lowest BCUT2D eigenvalue weighted by Crippen LogP contribution is -2.01. The second kappa shape index (κ2) is 5.58. The first kappa shape index (κ1) is 14.1. The number of rotatable bonds is 4. The maximum Gasteiger partial charge on any atom is 0.221 e. The lowest BCUT2D eigenvalue weighted by atomic mass is 10.2. The summed E-state index contributed by atoms with van der Waals surface area (Å²) in [5.74, 6) is -0.332. The predicted molar refractivity (Wildman–Crippen MR) is 90.0 cm³/mol. The molecule has 0 atom stereocenters. The number of nitrogens with zero attached hydrogens (tertiary/aromatic N) is 2. The van der Waals surface area contributed by atoms with Crippen LogP contribution in [0.3, 0.4) is 0 Å². The molecule has 2 N–H and O–H groups in total. The van der Waals surface area contributed by atoms with E-state index in [2.05, 4.69) is 19.9 Å². The lowest BCUT2D eigenvalue weighted by Gasteiger charge is -1.89. The minimum absolute atomic E-state index is 0.199. The highest BCUT2D eigenvalue weighted by molar-refractivity contribution is 6.10. The Morgan fingerprint density at radius 1 is 0.708 bits per heavy atom. The SMILES string of the molecule is O=C(C=CC(=O)c1nc2ccccc2[nH]1)c1nc2ccccc2[nH]1. The van der Waals surface area contributed by atoms with Gasteiger partial charge in [-0.3, -0.25) is 9.59 Å². The number of H-pyrrole nitrogens is 2. The number of hydrogen-bond acceptors (Lipinski definition) is 4. The summed E-state index contributed by atoms with van der Waals surface area (Å²) in [5, 5.41) is 0. The first-order valence-corrected chi connectivity index (χ1v) is 7.37. The van der Waals surface area contributed by atoms with Crippen molar-refractivity contribution in [1.29, 1.82) is 0 Å². The number of aromatic amines is 2. The summed E-state index contributed by atoms with van der Waals surface area (Å²) < 4.78 is 0. The van der Waals surface area contributed by atoms with Crippen LogP contribution >= 0.6 is 0 Å². The maximum absolute atomic E-state index is 12.2. The van der Waals surface area contributed by atoms with Gasteiger partial charge >= 0.3 is 0 Å². The quantitative estimate of drug-likeness (QED) is 0.447. The highest BCUT2D eigenvalue weighted by Crippen LogP contribution is 2.12. The third kappa shape index (κ3) is 2.50. The number of fused-ring (bicyclic) bond motifs is 2. The van der Waals surface area contributed by atoms with E-state index in [-0.39, 0.29) is 23.2 Å². The second-order valence-corrected chi connectivity index (χ2v) is 5.27. The van der Waals surface area contributed by atoms with Crippen LogP contribution in [0.25, 0.3) is 22.1 Å². The summed E-state index contributed by atoms with van der Waals surface area (Å²) in [6.45, 7) is 0. The molecule has 2 aromatic carbocycles. The fourth-order valence-electron chi connectivity index (χ4n) is 2.45. The zero-order chi connectivity index (χ0) is 16.5. The standard InChI is InChI=1S/C18H12N4O2/c23-15(17-19-11-5-1-2-6-12(11)20-17)9-10-16(24)18-21-13-7-3-4-8-14(13)22-18/h1-10H,(H,19,20)(H,21,22). The van der Waals surface area contributed by atoms with E-state index in [1.807, 2.05) is 48.5 Å². The summed E-state index contributed by atoms with van der Waals surface area (Å²) in [6.07, 6.45) is 2.40. The van der Waals surface area contributed by atoms with Gasteiger partial charge in [0.05, 0.1) is 22.1 Å². The first-order valence-electron chi connectivity index (χ1n) is 7.37. The van der Waals surface area contributed by atoms with Gasteiger partial charge in [-0.2, -0.15) is 0 Å². The molecule has 4 aromatic rings. The van der Waals surface area contributed by atoms with Crippen LogP contribution < -0.4 is 0 Å². The zero-order valence-corrected chi connectivity index (χ0v) is 12.5. The lowest BCUT2D eigenvalue weighted by molar-refractivity contribution is 0.101. The summed E-state index contributed by atoms with van der Waals surface area (Å²) in [7, 11) is 0. The first-order chi connectivity index (χ1) is 11.7. The summed E-state index contributed by atoms with van der Waals surface area (Å²) in [5.41, 5.74) is 2.96. The van der Waals surface area contributed by atoms with E-state index in [4.69, 9.17) is 0 Å². The van der Waals surface area contributed by atoms with Crippen LogP contribution in [0.15, 0.2) is 60.7 Å². The van der Waals surface area contributed by atoms with Gasteiger partial charge in [0.15, 0.2) is 11.6 Å². The van der Waals surface area contributed by atoms with Crippen LogP contribution in [0.2, 0.25) is 0 Å². The van der Waals surface area contributed by atoms with Crippen LogP contribution in [-0.4, -0.2) is 31.5 Å². The summed E-state index contributed by atoms with van der Waals surface area (Å²) in [4.78, 5) is 38.6. The molecule has 0 radical (unpaired) electrons. The van der Waals surface area contributed by atoms with Gasteiger partial charge in [0, 0.05) is 0 Å². The maximum atomic E-state index is 12.2. The third-order valence-corrected chi connectivity index (χ3v) is 3.63. The fourth-order valence-corrected chi connectivity index (χ4v) is 2.45. The second-order valence-electron chi connectivity index (χ2n) is 5.27. The molecule has 116 valence electrons. The van der Waals surface area contributed by atoms with Gasteiger partial charge in [-0.1, -0.05) is 24.3 Å². The molecule has 6 heteroatoms. The molecule has 0 aliphatic heterocycles. The van der Waals surface area contributed by atoms with E-state index in [1.54, 1.807) is 0 Å². The van der Waals surface area contributed by atoms with E-state index >= 15 is 0 Å². The topological polar surface area (TPSA) is 91.5 Å². The number of allylic oxidation sites excluding steroid dienone is 2. The van der Waals surface area contributed by atoms with Crippen molar-refractivity contribution < 1.29 is 9.59 Å². The number of para-hydroxylation sites is 4. The molecule has 2 aromatic heterocycles. The molecule has 0 aliphatic carbocycles. The number of benzene rings is 2. The van der Waals surface area contributed by atoms with E-state index < -0.39 is 0 Å². The Kier molecular flexibility index (Phi) is 3.28. The largest absolute Gasteiger partial charge is 0.335 e. The van der Waals surface area contributed by atoms with Gasteiger partial charge in [0.25, 0.3) is 0 Å². The van der Waals surface area contributed by atoms with E-state index in [0.717, 1.165) is 11.0 Å². The third-order valence-electron chi connectivity index (χ3n) is 3.63. The van der Waals surface area contributed by atoms with E-state index in [1.165, 1.54) is 12.2 Å². The van der Waals surface area contributed by atoms with Crippen LogP contribution in [0.5, 0.6) is 0 Å². The number of carbonyl (C=O) groups excluding carboxylic acids is 2. The Morgan fingerprint density at radius 2 is 1.12 bits per heavy atom. The molecule has 0 fully saturated rings. The smallest absolute Gasteiger partial charge is 0.221 e. The highest BCUT2D eigenvalue weighted by Gasteiger charge is 2.11.